The van der Waals surface area contributed by atoms with E-state index < -0.39 is 28.8 Å². The minimum absolute atomic E-state index is 0.00457. The van der Waals surface area contributed by atoms with Gasteiger partial charge in [-0.3, -0.25) is 15.0 Å². The van der Waals surface area contributed by atoms with Crippen molar-refractivity contribution in [2.45, 2.75) is 6.42 Å². The van der Waals surface area contributed by atoms with E-state index in [1.807, 2.05) is 0 Å². The number of nitrogens with one attached hydrogen (secondary N) is 3. The van der Waals surface area contributed by atoms with Gasteiger partial charge in [0, 0.05) is 22.0 Å². The van der Waals surface area contributed by atoms with E-state index in [1.165, 1.54) is 17.4 Å². The number of aromatic nitrogens is 1. The molecule has 3 aromatic rings. The molecule has 0 fully saturated rings. The Hall–Kier alpha value is -3.04. The summed E-state index contributed by atoms with van der Waals surface area (Å²) in [5.41, 5.74) is 3.80. The monoisotopic (exact) mass is 422 g/mol. The van der Waals surface area contributed by atoms with Crippen molar-refractivity contribution in [1.82, 2.24) is 4.98 Å². The van der Waals surface area contributed by atoms with E-state index in [0.29, 0.717) is 10.4 Å². The van der Waals surface area contributed by atoms with Gasteiger partial charge in [-0.2, -0.15) is 0 Å². The first-order valence-corrected chi connectivity index (χ1v) is 9.11. The van der Waals surface area contributed by atoms with Crippen molar-refractivity contribution >= 4 is 45.9 Å². The van der Waals surface area contributed by atoms with Crippen LogP contribution in [-0.2, 0) is 11.2 Å². The van der Waals surface area contributed by atoms with E-state index in [4.69, 9.17) is 22.7 Å². The zero-order valence-corrected chi connectivity index (χ0v) is 15.7. The van der Waals surface area contributed by atoms with Gasteiger partial charge in [0.2, 0.25) is 5.91 Å². The van der Waals surface area contributed by atoms with Crippen LogP contribution in [0.25, 0.3) is 0 Å². The molecule has 1 aromatic carbocycles. The van der Waals surface area contributed by atoms with Crippen molar-refractivity contribution in [3.8, 4) is 0 Å². The van der Waals surface area contributed by atoms with Crippen LogP contribution >= 0.6 is 22.9 Å². The third-order valence-electron chi connectivity index (χ3n) is 3.80. The molecular formula is C18H13ClF2N4O2S. The Bertz CT molecular complexity index is 1120. The van der Waals surface area contributed by atoms with Crippen LogP contribution in [0.1, 0.15) is 16.0 Å². The molecule has 0 unspecified atom stereocenters. The third kappa shape index (κ3) is 3.95. The molecule has 0 bridgehead atoms. The van der Waals surface area contributed by atoms with E-state index in [0.717, 1.165) is 18.3 Å². The van der Waals surface area contributed by atoms with Crippen LogP contribution in [-0.4, -0.2) is 16.6 Å². The van der Waals surface area contributed by atoms with Crippen LogP contribution in [0.15, 0.2) is 40.6 Å². The molecule has 0 aliphatic heterocycles. The van der Waals surface area contributed by atoms with Gasteiger partial charge in [0.15, 0.2) is 0 Å². The van der Waals surface area contributed by atoms with Gasteiger partial charge in [-0.05, 0) is 18.2 Å². The summed E-state index contributed by atoms with van der Waals surface area (Å²) >= 11 is 7.33. The Morgan fingerprint density at radius 3 is 2.61 bits per heavy atom. The maximum atomic E-state index is 14.0. The molecule has 28 heavy (non-hydrogen) atoms. The largest absolute Gasteiger partial charge is 0.369 e. The molecule has 0 radical (unpaired) electrons. The number of H-pyrrole nitrogens is 1. The minimum atomic E-state index is -0.881. The first-order chi connectivity index (χ1) is 13.3. The third-order valence-corrected chi connectivity index (χ3v) is 5.03. The molecule has 3 rings (SSSR count). The lowest BCUT2D eigenvalue weighted by Gasteiger charge is -2.14. The topological polar surface area (TPSA) is 112 Å². The zero-order valence-electron chi connectivity index (χ0n) is 14.1. The van der Waals surface area contributed by atoms with Crippen LogP contribution in [0, 0.1) is 17.0 Å². The molecule has 5 N–H and O–H groups in total. The van der Waals surface area contributed by atoms with Crippen LogP contribution in [0.2, 0.25) is 5.02 Å². The minimum Gasteiger partial charge on any atom is -0.369 e. The molecule has 0 aliphatic carbocycles. The Morgan fingerprint density at radius 1 is 1.29 bits per heavy atom. The van der Waals surface area contributed by atoms with Crippen LogP contribution in [0.3, 0.4) is 0 Å². The number of anilines is 2. The fraction of sp³-hybridized carbons (Fsp3) is 0.0556. The van der Waals surface area contributed by atoms with E-state index in [2.05, 4.69) is 10.3 Å². The van der Waals surface area contributed by atoms with E-state index in [-0.39, 0.29) is 28.4 Å². The first-order valence-electron chi connectivity index (χ1n) is 7.85. The number of carbonyl (C=O) groups is 1. The number of amides is 1. The Balaban J connectivity index is 2.07. The fourth-order valence-corrected chi connectivity index (χ4v) is 3.61. The Labute approximate surface area is 166 Å². The molecular weight excluding hydrogens is 410 g/mol. The smallest absolute Gasteiger partial charge is 0.259 e. The number of primary amides is 1. The molecule has 0 spiro atoms. The standard InChI is InChI=1S/C18H13ClF2N4O2S/c19-10-6-24-18(27)14(15(23)8-4-9(28-7-8)5-13(22)26)16(10)25-17-11(20)2-1-3-12(17)21/h1-4,6-7,23H,5H2,(H2,22,26)(H2,24,25,27). The lowest BCUT2D eigenvalue weighted by molar-refractivity contribution is -0.117. The highest BCUT2D eigenvalue weighted by atomic mass is 35.5. The normalized spacial score (nSPS) is 10.7. The number of rotatable bonds is 6. The number of pyridine rings is 1. The maximum absolute atomic E-state index is 14.0. The molecule has 1 amide bonds. The van der Waals surface area contributed by atoms with Gasteiger partial charge in [-0.15, -0.1) is 11.3 Å². The van der Waals surface area contributed by atoms with E-state index >= 15 is 0 Å². The summed E-state index contributed by atoms with van der Waals surface area (Å²) in [5.74, 6) is -2.29. The SMILES string of the molecule is N=C(c1csc(CC(N)=O)c1)c1c(Nc2c(F)cccc2F)c(Cl)c[nH]c1=O. The summed E-state index contributed by atoms with van der Waals surface area (Å²) < 4.78 is 28.0. The summed E-state index contributed by atoms with van der Waals surface area (Å²) in [5, 5.41) is 12.4. The first kappa shape index (κ1) is 19.7. The lowest BCUT2D eigenvalue weighted by atomic mass is 10.0. The fourth-order valence-electron chi connectivity index (χ4n) is 2.53. The number of thiophene rings is 1. The second-order valence-electron chi connectivity index (χ2n) is 5.76. The highest BCUT2D eigenvalue weighted by Gasteiger charge is 2.21. The average Bonchev–Trinajstić information content (AvgIpc) is 3.08. The van der Waals surface area contributed by atoms with E-state index in [9.17, 15) is 18.4 Å². The molecule has 144 valence electrons. The van der Waals surface area contributed by atoms with Crippen LogP contribution in [0.4, 0.5) is 20.2 Å². The molecule has 0 saturated carbocycles. The number of carbonyl (C=O) groups excluding carboxylic acids is 1. The maximum Gasteiger partial charge on any atom is 0.259 e. The van der Waals surface area contributed by atoms with Gasteiger partial charge in [0.25, 0.3) is 5.56 Å². The molecule has 0 aliphatic rings. The number of hydrogen-bond acceptors (Lipinski definition) is 5. The van der Waals surface area contributed by atoms with E-state index in [1.54, 1.807) is 11.4 Å². The predicted molar refractivity (Wildman–Crippen MR) is 105 cm³/mol. The number of hydrogen-bond donors (Lipinski definition) is 4. The van der Waals surface area contributed by atoms with Crippen LogP contribution in [0.5, 0.6) is 0 Å². The number of nitrogens with two attached hydrogens (primary N) is 1. The van der Waals surface area contributed by atoms with Gasteiger partial charge >= 0.3 is 0 Å². The molecule has 6 nitrogen and oxygen atoms in total. The second-order valence-corrected chi connectivity index (χ2v) is 7.16. The molecule has 0 atom stereocenters. The summed E-state index contributed by atoms with van der Waals surface area (Å²) in [6.45, 7) is 0. The average molecular weight is 423 g/mol. The summed E-state index contributed by atoms with van der Waals surface area (Å²) in [7, 11) is 0. The number of para-hydroxylation sites is 1. The predicted octanol–water partition coefficient (Wildman–Crippen LogP) is 3.56. The van der Waals surface area contributed by atoms with Crippen molar-refractivity contribution in [2.75, 3.05) is 5.32 Å². The van der Waals surface area contributed by atoms with Crippen molar-refractivity contribution in [1.29, 1.82) is 5.41 Å². The lowest BCUT2D eigenvalue weighted by Crippen LogP contribution is -2.21. The highest BCUT2D eigenvalue weighted by Crippen LogP contribution is 2.31. The summed E-state index contributed by atoms with van der Waals surface area (Å²) in [4.78, 5) is 26.5. The van der Waals surface area contributed by atoms with Crippen molar-refractivity contribution < 1.29 is 13.6 Å². The zero-order chi connectivity index (χ0) is 20.4. The van der Waals surface area contributed by atoms with Gasteiger partial charge in [0.1, 0.15) is 17.3 Å². The van der Waals surface area contributed by atoms with Gasteiger partial charge in [0.05, 0.1) is 28.4 Å². The number of halogens is 3. The van der Waals surface area contributed by atoms with Crippen molar-refractivity contribution in [2.24, 2.45) is 5.73 Å². The van der Waals surface area contributed by atoms with Crippen molar-refractivity contribution in [3.63, 3.8) is 0 Å². The molecule has 10 heteroatoms. The van der Waals surface area contributed by atoms with Gasteiger partial charge < -0.3 is 16.0 Å². The Kier molecular flexibility index (Phi) is 5.57. The number of aromatic amines is 1. The van der Waals surface area contributed by atoms with Gasteiger partial charge in [-0.1, -0.05) is 17.7 Å². The Morgan fingerprint density at radius 2 is 1.96 bits per heavy atom. The summed E-state index contributed by atoms with van der Waals surface area (Å²) in [6.07, 6.45) is 1.16. The van der Waals surface area contributed by atoms with Crippen LogP contribution < -0.4 is 16.6 Å². The number of benzene rings is 1. The summed E-state index contributed by atoms with van der Waals surface area (Å²) in [6, 6.07) is 4.84. The van der Waals surface area contributed by atoms with Gasteiger partial charge in [-0.25, -0.2) is 8.78 Å². The molecule has 0 saturated heterocycles. The molecule has 2 aromatic heterocycles. The highest BCUT2D eigenvalue weighted by molar-refractivity contribution is 7.10. The molecule has 2 heterocycles. The quantitative estimate of drug-likeness (QED) is 0.455. The second kappa shape index (κ2) is 7.91. The van der Waals surface area contributed by atoms with Crippen molar-refractivity contribution in [3.05, 3.63) is 78.9 Å².